The molecule has 120 valence electrons. The number of hydrogen-bond acceptors (Lipinski definition) is 3. The zero-order valence-corrected chi connectivity index (χ0v) is 13.3. The molecule has 5 nitrogen and oxygen atoms in total. The van der Waals surface area contributed by atoms with E-state index in [1.807, 2.05) is 0 Å². The van der Waals surface area contributed by atoms with Gasteiger partial charge in [0, 0.05) is 12.1 Å². The lowest BCUT2D eigenvalue weighted by Crippen LogP contribution is -2.42. The van der Waals surface area contributed by atoms with Crippen molar-refractivity contribution >= 4 is 5.91 Å². The summed E-state index contributed by atoms with van der Waals surface area (Å²) < 4.78 is 1.36. The Balaban J connectivity index is 1.71. The third-order valence-corrected chi connectivity index (χ3v) is 4.93. The van der Waals surface area contributed by atoms with E-state index in [0.29, 0.717) is 0 Å². The third-order valence-electron chi connectivity index (χ3n) is 4.93. The summed E-state index contributed by atoms with van der Waals surface area (Å²) in [6.07, 6.45) is 9.85. The second kappa shape index (κ2) is 6.63. The van der Waals surface area contributed by atoms with Gasteiger partial charge in [-0.25, -0.2) is 4.68 Å². The molecule has 1 fully saturated rings. The molecule has 0 saturated heterocycles. The number of rotatable bonds is 3. The molecule has 5 heteroatoms. The number of aryl methyl sites for hydroxylation is 2. The van der Waals surface area contributed by atoms with E-state index in [9.17, 15) is 9.59 Å². The van der Waals surface area contributed by atoms with Gasteiger partial charge in [-0.3, -0.25) is 9.59 Å². The van der Waals surface area contributed by atoms with Crippen molar-refractivity contribution in [2.24, 2.45) is 0 Å². The highest BCUT2D eigenvalue weighted by Crippen LogP contribution is 2.19. The van der Waals surface area contributed by atoms with Gasteiger partial charge in [0.1, 0.15) is 6.04 Å². The highest BCUT2D eigenvalue weighted by atomic mass is 16.2. The van der Waals surface area contributed by atoms with E-state index in [1.54, 1.807) is 13.0 Å². The summed E-state index contributed by atoms with van der Waals surface area (Å²) in [6, 6.07) is 1.37. The average molecular weight is 303 g/mol. The summed E-state index contributed by atoms with van der Waals surface area (Å²) in [5.41, 5.74) is 1.87. The Morgan fingerprint density at radius 1 is 1.23 bits per heavy atom. The largest absolute Gasteiger partial charge is 0.352 e. The Labute approximate surface area is 131 Å². The highest BCUT2D eigenvalue weighted by Gasteiger charge is 2.23. The molecular weight excluding hydrogens is 278 g/mol. The summed E-state index contributed by atoms with van der Waals surface area (Å²) >= 11 is 0. The van der Waals surface area contributed by atoms with Crippen LogP contribution in [0.15, 0.2) is 10.9 Å². The van der Waals surface area contributed by atoms with Crippen LogP contribution < -0.4 is 10.9 Å². The summed E-state index contributed by atoms with van der Waals surface area (Å²) in [4.78, 5) is 24.7. The highest BCUT2D eigenvalue weighted by molar-refractivity contribution is 5.80. The average Bonchev–Trinajstić information content (AvgIpc) is 2.80. The molecule has 1 aromatic rings. The first kappa shape index (κ1) is 15.3. The monoisotopic (exact) mass is 303 g/mol. The fraction of sp³-hybridized carbons (Fsp3) is 0.706. The van der Waals surface area contributed by atoms with Gasteiger partial charge in [-0.05, 0) is 44.6 Å². The van der Waals surface area contributed by atoms with Gasteiger partial charge in [0.25, 0.3) is 5.56 Å². The van der Waals surface area contributed by atoms with Gasteiger partial charge in [-0.1, -0.05) is 25.7 Å². The van der Waals surface area contributed by atoms with Crippen molar-refractivity contribution in [2.75, 3.05) is 0 Å². The lowest BCUT2D eigenvalue weighted by molar-refractivity contribution is -0.125. The molecule has 22 heavy (non-hydrogen) atoms. The van der Waals surface area contributed by atoms with E-state index in [-0.39, 0.29) is 17.5 Å². The van der Waals surface area contributed by atoms with E-state index >= 15 is 0 Å². The van der Waals surface area contributed by atoms with Crippen molar-refractivity contribution in [1.29, 1.82) is 0 Å². The first-order valence-corrected chi connectivity index (χ1v) is 8.57. The van der Waals surface area contributed by atoms with Crippen LogP contribution >= 0.6 is 0 Å². The minimum Gasteiger partial charge on any atom is -0.352 e. The molecule has 0 spiro atoms. The molecular formula is C17H25N3O2. The number of carbonyl (C=O) groups excluding carboxylic acids is 1. The third kappa shape index (κ3) is 3.23. The number of nitrogens with one attached hydrogen (secondary N) is 1. The van der Waals surface area contributed by atoms with Crippen molar-refractivity contribution in [2.45, 2.75) is 76.8 Å². The Hall–Kier alpha value is -1.65. The van der Waals surface area contributed by atoms with Crippen LogP contribution in [-0.2, 0) is 17.6 Å². The molecule has 1 saturated carbocycles. The van der Waals surface area contributed by atoms with Crippen LogP contribution in [0.25, 0.3) is 0 Å². The maximum atomic E-state index is 12.5. The zero-order valence-electron chi connectivity index (χ0n) is 13.3. The molecule has 1 N–H and O–H groups in total. The van der Waals surface area contributed by atoms with Crippen LogP contribution in [0.5, 0.6) is 0 Å². The Bertz CT molecular complexity index is 600. The van der Waals surface area contributed by atoms with Crippen molar-refractivity contribution in [3.63, 3.8) is 0 Å². The maximum absolute atomic E-state index is 12.5. The molecule has 0 radical (unpaired) electrons. The van der Waals surface area contributed by atoms with Crippen molar-refractivity contribution in [1.82, 2.24) is 15.1 Å². The first-order chi connectivity index (χ1) is 10.6. The van der Waals surface area contributed by atoms with E-state index in [0.717, 1.165) is 43.4 Å². The van der Waals surface area contributed by atoms with Gasteiger partial charge >= 0.3 is 0 Å². The molecule has 0 aliphatic heterocycles. The second-order valence-electron chi connectivity index (χ2n) is 6.63. The molecule has 0 aromatic carbocycles. The van der Waals surface area contributed by atoms with Gasteiger partial charge in [0.15, 0.2) is 0 Å². The van der Waals surface area contributed by atoms with E-state index < -0.39 is 6.04 Å². The van der Waals surface area contributed by atoms with Gasteiger partial charge in [-0.2, -0.15) is 5.10 Å². The molecule has 2 aliphatic carbocycles. The summed E-state index contributed by atoms with van der Waals surface area (Å²) in [7, 11) is 0. The van der Waals surface area contributed by atoms with E-state index in [1.165, 1.54) is 30.4 Å². The van der Waals surface area contributed by atoms with Crippen LogP contribution in [-0.4, -0.2) is 21.7 Å². The zero-order chi connectivity index (χ0) is 15.5. The van der Waals surface area contributed by atoms with E-state index in [2.05, 4.69) is 10.4 Å². The summed E-state index contributed by atoms with van der Waals surface area (Å²) in [5.74, 6) is -0.0838. The smallest absolute Gasteiger partial charge is 0.267 e. The van der Waals surface area contributed by atoms with Crippen molar-refractivity contribution in [3.05, 3.63) is 27.7 Å². The minimum atomic E-state index is -0.540. The fourth-order valence-corrected chi connectivity index (χ4v) is 3.55. The fourth-order valence-electron chi connectivity index (χ4n) is 3.55. The Morgan fingerprint density at radius 3 is 2.68 bits per heavy atom. The molecule has 1 unspecified atom stereocenters. The lowest BCUT2D eigenvalue weighted by Gasteiger charge is -2.20. The van der Waals surface area contributed by atoms with E-state index in [4.69, 9.17) is 0 Å². The summed E-state index contributed by atoms with van der Waals surface area (Å²) in [5, 5.41) is 7.54. The predicted molar refractivity (Wildman–Crippen MR) is 84.9 cm³/mol. The normalized spacial score (nSPS) is 20.2. The molecule has 0 bridgehead atoms. The van der Waals surface area contributed by atoms with Crippen molar-refractivity contribution in [3.8, 4) is 0 Å². The topological polar surface area (TPSA) is 64.0 Å². The number of nitrogens with zero attached hydrogens (tertiary/aromatic N) is 2. The first-order valence-electron chi connectivity index (χ1n) is 8.57. The molecule has 3 rings (SSSR count). The number of amides is 1. The second-order valence-corrected chi connectivity index (χ2v) is 6.63. The molecule has 1 amide bonds. The number of fused-ring (bicyclic) bond motifs is 1. The van der Waals surface area contributed by atoms with Crippen LogP contribution in [0.1, 0.15) is 69.2 Å². The number of carbonyl (C=O) groups is 1. The van der Waals surface area contributed by atoms with Gasteiger partial charge in [0.05, 0.1) is 5.69 Å². The quantitative estimate of drug-likeness (QED) is 0.870. The van der Waals surface area contributed by atoms with Crippen LogP contribution in [0, 0.1) is 0 Å². The predicted octanol–water partition coefficient (Wildman–Crippen LogP) is 2.13. The minimum absolute atomic E-state index is 0.0838. The Morgan fingerprint density at radius 2 is 1.95 bits per heavy atom. The molecule has 2 aliphatic rings. The SMILES string of the molecule is CC(C(=O)NC1CCCCCC1)n1nc2c(cc1=O)CCC2. The molecule has 1 atom stereocenters. The summed E-state index contributed by atoms with van der Waals surface area (Å²) in [6.45, 7) is 1.77. The lowest BCUT2D eigenvalue weighted by atomic mass is 10.1. The standard InChI is InChI=1S/C17H25N3O2/c1-12(17(22)18-14-8-4-2-3-5-9-14)20-16(21)11-13-7-6-10-15(13)19-20/h11-12,14H,2-10H2,1H3,(H,18,22). The van der Waals surface area contributed by atoms with Gasteiger partial charge in [-0.15, -0.1) is 0 Å². The molecule has 1 aromatic heterocycles. The van der Waals surface area contributed by atoms with Crippen LogP contribution in [0.4, 0.5) is 0 Å². The Kier molecular flexibility index (Phi) is 4.60. The van der Waals surface area contributed by atoms with Gasteiger partial charge in [0.2, 0.25) is 5.91 Å². The molecule has 1 heterocycles. The maximum Gasteiger partial charge on any atom is 0.267 e. The van der Waals surface area contributed by atoms with Crippen molar-refractivity contribution < 1.29 is 4.79 Å². The number of hydrogen-bond donors (Lipinski definition) is 1. The van der Waals surface area contributed by atoms with Crippen LogP contribution in [0.3, 0.4) is 0 Å². The van der Waals surface area contributed by atoms with Gasteiger partial charge < -0.3 is 5.32 Å². The number of aromatic nitrogens is 2. The van der Waals surface area contributed by atoms with Crippen LogP contribution in [0.2, 0.25) is 0 Å².